The number of aryl methyl sites for hydroxylation is 1. The number of rotatable bonds is 5. The van der Waals surface area contributed by atoms with Crippen molar-refractivity contribution < 1.29 is 4.39 Å². The van der Waals surface area contributed by atoms with Gasteiger partial charge >= 0.3 is 0 Å². The zero-order chi connectivity index (χ0) is 13.8. The molecule has 102 valence electrons. The van der Waals surface area contributed by atoms with Crippen molar-refractivity contribution in [3.8, 4) is 0 Å². The molecular formula is C13H16ClFN4. The summed E-state index contributed by atoms with van der Waals surface area (Å²) in [5.74, 6) is -0.380. The monoisotopic (exact) mass is 282 g/mol. The van der Waals surface area contributed by atoms with Crippen molar-refractivity contribution in [2.45, 2.75) is 19.5 Å². The second kappa shape index (κ2) is 6.04. The molecule has 1 aromatic carbocycles. The van der Waals surface area contributed by atoms with Gasteiger partial charge in [-0.2, -0.15) is 0 Å². The number of hydrogen-bond donors (Lipinski definition) is 2. The summed E-state index contributed by atoms with van der Waals surface area (Å²) in [4.78, 5) is 4.11. The first-order valence-electron chi connectivity index (χ1n) is 6.06. The van der Waals surface area contributed by atoms with Crippen LogP contribution in [0.25, 0.3) is 0 Å². The molecule has 0 aliphatic carbocycles. The molecule has 19 heavy (non-hydrogen) atoms. The average Bonchev–Trinajstić information content (AvgIpc) is 2.82. The highest BCUT2D eigenvalue weighted by atomic mass is 35.5. The predicted molar refractivity (Wildman–Crippen MR) is 74.7 cm³/mol. The molecule has 6 heteroatoms. The van der Waals surface area contributed by atoms with Gasteiger partial charge in [0, 0.05) is 23.8 Å². The van der Waals surface area contributed by atoms with Gasteiger partial charge in [-0.25, -0.2) is 9.37 Å². The molecule has 2 aromatic rings. The van der Waals surface area contributed by atoms with E-state index in [1.165, 1.54) is 12.1 Å². The van der Waals surface area contributed by atoms with E-state index in [-0.39, 0.29) is 11.9 Å². The quantitative estimate of drug-likeness (QED) is 0.887. The lowest BCUT2D eigenvalue weighted by Gasteiger charge is -2.19. The van der Waals surface area contributed by atoms with Crippen molar-refractivity contribution in [1.29, 1.82) is 0 Å². The van der Waals surface area contributed by atoms with Gasteiger partial charge in [0.05, 0.1) is 24.3 Å². The first-order valence-corrected chi connectivity index (χ1v) is 6.44. The third-order valence-electron chi connectivity index (χ3n) is 2.88. The minimum Gasteiger partial charge on any atom is -0.375 e. The highest BCUT2D eigenvalue weighted by molar-refractivity contribution is 6.30. The maximum absolute atomic E-state index is 13.3. The summed E-state index contributed by atoms with van der Waals surface area (Å²) < 4.78 is 15.3. The number of imidazole rings is 1. The molecule has 0 saturated heterocycles. The fourth-order valence-electron chi connectivity index (χ4n) is 1.98. The molecule has 3 N–H and O–H groups in total. The Labute approximate surface area is 116 Å². The second-order valence-electron chi connectivity index (χ2n) is 4.20. The lowest BCUT2D eigenvalue weighted by molar-refractivity contribution is 0.626. The van der Waals surface area contributed by atoms with E-state index >= 15 is 0 Å². The van der Waals surface area contributed by atoms with Crippen molar-refractivity contribution in [2.24, 2.45) is 5.73 Å². The molecule has 0 amide bonds. The van der Waals surface area contributed by atoms with Crippen LogP contribution in [-0.4, -0.2) is 16.1 Å². The Hall–Kier alpha value is -1.59. The molecule has 0 aliphatic rings. The van der Waals surface area contributed by atoms with E-state index in [1.54, 1.807) is 18.6 Å². The van der Waals surface area contributed by atoms with Crippen molar-refractivity contribution in [3.05, 3.63) is 47.3 Å². The number of aromatic nitrogens is 2. The van der Waals surface area contributed by atoms with E-state index in [0.29, 0.717) is 17.3 Å². The molecule has 1 heterocycles. The smallest absolute Gasteiger partial charge is 0.126 e. The van der Waals surface area contributed by atoms with Crippen LogP contribution in [0.3, 0.4) is 0 Å². The van der Waals surface area contributed by atoms with Crippen LogP contribution >= 0.6 is 11.6 Å². The molecule has 1 unspecified atom stereocenters. The molecule has 0 spiro atoms. The molecule has 1 atom stereocenters. The van der Waals surface area contributed by atoms with Crippen molar-refractivity contribution in [3.63, 3.8) is 0 Å². The number of nitrogens with two attached hydrogens (primary N) is 1. The second-order valence-corrected chi connectivity index (χ2v) is 4.63. The fraction of sp³-hybridized carbons (Fsp3) is 0.308. The summed E-state index contributed by atoms with van der Waals surface area (Å²) in [7, 11) is 0. The molecular weight excluding hydrogens is 267 g/mol. The summed E-state index contributed by atoms with van der Waals surface area (Å²) in [6.45, 7) is 3.20. The van der Waals surface area contributed by atoms with Crippen molar-refractivity contribution in [2.75, 3.05) is 11.9 Å². The Kier molecular flexibility index (Phi) is 4.39. The van der Waals surface area contributed by atoms with Gasteiger partial charge < -0.3 is 15.6 Å². The third kappa shape index (κ3) is 3.24. The van der Waals surface area contributed by atoms with Crippen LogP contribution in [0, 0.1) is 5.82 Å². The molecule has 0 fully saturated rings. The Balaban J connectivity index is 2.24. The summed E-state index contributed by atoms with van der Waals surface area (Å²) in [5, 5.41) is 3.53. The van der Waals surface area contributed by atoms with Crippen LogP contribution in [0.1, 0.15) is 18.7 Å². The van der Waals surface area contributed by atoms with Crippen LogP contribution in [0.5, 0.6) is 0 Å². The number of halogens is 2. The zero-order valence-electron chi connectivity index (χ0n) is 10.6. The highest BCUT2D eigenvalue weighted by Gasteiger charge is 2.14. The Morgan fingerprint density at radius 2 is 2.26 bits per heavy atom. The maximum Gasteiger partial charge on any atom is 0.126 e. The molecule has 2 rings (SSSR count). The van der Waals surface area contributed by atoms with Crippen LogP contribution < -0.4 is 11.1 Å². The third-order valence-corrected chi connectivity index (χ3v) is 3.10. The normalized spacial score (nSPS) is 12.4. The fourth-order valence-corrected chi connectivity index (χ4v) is 2.20. The first kappa shape index (κ1) is 13.8. The summed E-state index contributed by atoms with van der Waals surface area (Å²) in [6, 6.07) is 4.18. The van der Waals surface area contributed by atoms with Crippen LogP contribution in [-0.2, 0) is 6.54 Å². The lowest BCUT2D eigenvalue weighted by atomic mass is 10.2. The molecule has 4 nitrogen and oxygen atoms in total. The van der Waals surface area contributed by atoms with E-state index in [2.05, 4.69) is 10.3 Å². The largest absolute Gasteiger partial charge is 0.375 e. The maximum atomic E-state index is 13.3. The Morgan fingerprint density at radius 1 is 1.47 bits per heavy atom. The van der Waals surface area contributed by atoms with Gasteiger partial charge in [0.25, 0.3) is 0 Å². The molecule has 0 radical (unpaired) electrons. The average molecular weight is 283 g/mol. The summed E-state index contributed by atoms with van der Waals surface area (Å²) in [6.07, 6.45) is 3.51. The van der Waals surface area contributed by atoms with Gasteiger partial charge in [-0.15, -0.1) is 0 Å². The van der Waals surface area contributed by atoms with E-state index < -0.39 is 0 Å². The van der Waals surface area contributed by atoms with Gasteiger partial charge in [-0.1, -0.05) is 11.6 Å². The molecule has 0 bridgehead atoms. The summed E-state index contributed by atoms with van der Waals surface area (Å²) >= 11 is 5.83. The predicted octanol–water partition coefficient (Wildman–Crippen LogP) is 2.81. The number of nitrogens with one attached hydrogen (secondary N) is 1. The number of benzene rings is 1. The first-order chi connectivity index (χ1) is 9.13. The molecule has 0 saturated carbocycles. The Bertz CT molecular complexity index is 535. The van der Waals surface area contributed by atoms with E-state index in [9.17, 15) is 4.39 Å². The van der Waals surface area contributed by atoms with Gasteiger partial charge in [0.2, 0.25) is 0 Å². The van der Waals surface area contributed by atoms with E-state index in [1.807, 2.05) is 11.5 Å². The van der Waals surface area contributed by atoms with E-state index in [0.717, 1.165) is 12.2 Å². The van der Waals surface area contributed by atoms with Crippen molar-refractivity contribution >= 4 is 17.3 Å². The standard InChI is InChI=1S/C13H16ClFN4/c1-2-19-8-17-7-13(19)12(6-16)18-11-4-9(14)3-10(15)5-11/h3-5,7-8,12,18H,2,6,16H2,1H3. The van der Waals surface area contributed by atoms with Gasteiger partial charge in [-0.3, -0.25) is 0 Å². The number of anilines is 1. The zero-order valence-corrected chi connectivity index (χ0v) is 11.4. The van der Waals surface area contributed by atoms with Gasteiger partial charge in [-0.05, 0) is 25.1 Å². The van der Waals surface area contributed by atoms with Crippen LogP contribution in [0.2, 0.25) is 5.02 Å². The topological polar surface area (TPSA) is 55.9 Å². The minimum absolute atomic E-state index is 0.139. The Morgan fingerprint density at radius 3 is 2.89 bits per heavy atom. The van der Waals surface area contributed by atoms with E-state index in [4.69, 9.17) is 17.3 Å². The van der Waals surface area contributed by atoms with Crippen LogP contribution in [0.15, 0.2) is 30.7 Å². The summed E-state index contributed by atoms with van der Waals surface area (Å²) in [5.41, 5.74) is 7.35. The number of hydrogen-bond acceptors (Lipinski definition) is 3. The highest BCUT2D eigenvalue weighted by Crippen LogP contribution is 2.23. The molecule has 1 aromatic heterocycles. The van der Waals surface area contributed by atoms with Crippen LogP contribution in [0.4, 0.5) is 10.1 Å². The molecule has 0 aliphatic heterocycles. The van der Waals surface area contributed by atoms with Gasteiger partial charge in [0.15, 0.2) is 0 Å². The van der Waals surface area contributed by atoms with Gasteiger partial charge in [0.1, 0.15) is 5.82 Å². The SMILES string of the molecule is CCn1cncc1C(CN)Nc1cc(F)cc(Cl)c1. The minimum atomic E-state index is -0.380. The number of nitrogens with zero attached hydrogens (tertiary/aromatic N) is 2. The lowest BCUT2D eigenvalue weighted by Crippen LogP contribution is -2.23. The van der Waals surface area contributed by atoms with Crippen molar-refractivity contribution in [1.82, 2.24) is 9.55 Å².